The zero-order chi connectivity index (χ0) is 5.86. The van der Waals surface area contributed by atoms with Crippen LogP contribution >= 0.6 is 0 Å². The predicted octanol–water partition coefficient (Wildman–Crippen LogP) is -0.512. The van der Waals surface area contributed by atoms with Crippen molar-refractivity contribution >= 4 is 14.2 Å². The van der Waals surface area contributed by atoms with Crippen LogP contribution in [0.4, 0.5) is 0 Å². The molecule has 2 N–H and O–H groups in total. The minimum Gasteiger partial charge on any atom is -0.434 e. The van der Waals surface area contributed by atoms with Crippen molar-refractivity contribution in [1.29, 1.82) is 0 Å². The molecule has 0 aromatic carbocycles. The van der Waals surface area contributed by atoms with Crippen molar-refractivity contribution in [3.63, 3.8) is 0 Å². The quantitative estimate of drug-likeness (QED) is 0.457. The van der Waals surface area contributed by atoms with E-state index in [1.54, 1.807) is 0 Å². The lowest BCUT2D eigenvalue weighted by Crippen LogP contribution is -2.23. The van der Waals surface area contributed by atoms with Crippen LogP contribution in [0.1, 0.15) is 13.8 Å². The van der Waals surface area contributed by atoms with Crippen molar-refractivity contribution in [2.75, 3.05) is 0 Å². The van der Waals surface area contributed by atoms with Crippen LogP contribution in [0.15, 0.2) is 0 Å². The van der Waals surface area contributed by atoms with E-state index in [4.69, 9.17) is 10.0 Å². The molecule has 0 saturated carbocycles. The molecule has 0 fully saturated rings. The number of rotatable bonds is 2. The van der Waals surface area contributed by atoms with E-state index in [9.17, 15) is 0 Å². The van der Waals surface area contributed by atoms with Gasteiger partial charge in [-0.05, 0) is 0 Å². The van der Waals surface area contributed by atoms with Crippen LogP contribution < -0.4 is 0 Å². The second-order valence-electron chi connectivity index (χ2n) is 1.85. The Morgan fingerprint density at radius 1 is 1.43 bits per heavy atom. The lowest BCUT2D eigenvalue weighted by atomic mass is 9.39. The Labute approximate surface area is 44.9 Å². The fourth-order valence-corrected chi connectivity index (χ4v) is 0.344. The van der Waals surface area contributed by atoms with Crippen LogP contribution in [-0.4, -0.2) is 24.2 Å². The first kappa shape index (κ1) is 7.05. The van der Waals surface area contributed by atoms with Gasteiger partial charge in [0, 0.05) is 0 Å². The SMILES string of the molecule is CC(C)[B]B(O)O. The molecule has 0 aromatic heterocycles. The summed E-state index contributed by atoms with van der Waals surface area (Å²) < 4.78 is 0. The highest BCUT2D eigenvalue weighted by atomic mass is 16.4. The first-order valence-corrected chi connectivity index (χ1v) is 2.34. The van der Waals surface area contributed by atoms with E-state index in [-0.39, 0.29) is 5.82 Å². The first-order valence-electron chi connectivity index (χ1n) is 2.34. The minimum atomic E-state index is -1.25. The highest BCUT2D eigenvalue weighted by molar-refractivity contribution is 7.04. The molecule has 0 aliphatic carbocycles. The van der Waals surface area contributed by atoms with Crippen LogP contribution in [0, 0.1) is 0 Å². The predicted molar refractivity (Wildman–Crippen MR) is 31.0 cm³/mol. The van der Waals surface area contributed by atoms with E-state index < -0.39 is 7.01 Å². The average molecular weight is 98.7 g/mol. The first-order chi connectivity index (χ1) is 3.13. The van der Waals surface area contributed by atoms with Crippen molar-refractivity contribution in [3.05, 3.63) is 0 Å². The van der Waals surface area contributed by atoms with Gasteiger partial charge in [0.15, 0.2) is 7.17 Å². The van der Waals surface area contributed by atoms with E-state index >= 15 is 0 Å². The maximum atomic E-state index is 8.22. The van der Waals surface area contributed by atoms with Gasteiger partial charge in [0.25, 0.3) is 0 Å². The van der Waals surface area contributed by atoms with Crippen LogP contribution in [0.2, 0.25) is 5.82 Å². The van der Waals surface area contributed by atoms with Crippen LogP contribution in [0.3, 0.4) is 0 Å². The lowest BCUT2D eigenvalue weighted by Gasteiger charge is -1.97. The summed E-state index contributed by atoms with van der Waals surface area (Å²) in [6, 6.07) is 0. The highest BCUT2D eigenvalue weighted by Crippen LogP contribution is 1.95. The molecular formula is C3H9B2O2. The molecule has 0 amide bonds. The molecule has 4 heteroatoms. The molecule has 2 nitrogen and oxygen atoms in total. The Hall–Kier alpha value is 0.0499. The molecule has 0 unspecified atom stereocenters. The average Bonchev–Trinajstić information content (AvgIpc) is 1.27. The van der Waals surface area contributed by atoms with E-state index in [1.165, 1.54) is 7.17 Å². The Balaban J connectivity index is 2.95. The van der Waals surface area contributed by atoms with Gasteiger partial charge in [-0.2, -0.15) is 0 Å². The summed E-state index contributed by atoms with van der Waals surface area (Å²) in [5, 5.41) is 16.4. The summed E-state index contributed by atoms with van der Waals surface area (Å²) in [7, 11) is 0.194. The third-order valence-electron chi connectivity index (χ3n) is 0.557. The third kappa shape index (κ3) is 6.05. The second kappa shape index (κ2) is 3.10. The third-order valence-corrected chi connectivity index (χ3v) is 0.557. The van der Waals surface area contributed by atoms with E-state index in [1.807, 2.05) is 13.8 Å². The van der Waals surface area contributed by atoms with Crippen LogP contribution in [0.25, 0.3) is 0 Å². The van der Waals surface area contributed by atoms with Crippen molar-refractivity contribution < 1.29 is 10.0 Å². The molecule has 0 aromatic rings. The Morgan fingerprint density at radius 2 is 1.86 bits per heavy atom. The molecule has 0 rings (SSSR count). The molecule has 0 aliphatic heterocycles. The van der Waals surface area contributed by atoms with Gasteiger partial charge < -0.3 is 10.0 Å². The summed E-state index contributed by atoms with van der Waals surface area (Å²) in [5.41, 5.74) is 0. The van der Waals surface area contributed by atoms with E-state index in [0.29, 0.717) is 0 Å². The van der Waals surface area contributed by atoms with Gasteiger partial charge in [0.1, 0.15) is 0 Å². The molecule has 0 saturated heterocycles. The molecule has 7 heavy (non-hydrogen) atoms. The number of hydrogen-bond acceptors (Lipinski definition) is 2. The highest BCUT2D eigenvalue weighted by Gasteiger charge is 2.09. The molecule has 1 radical (unpaired) electrons. The minimum absolute atomic E-state index is 0.250. The van der Waals surface area contributed by atoms with Crippen LogP contribution in [0.5, 0.6) is 0 Å². The van der Waals surface area contributed by atoms with Gasteiger partial charge in [-0.3, -0.25) is 0 Å². The smallest absolute Gasteiger partial charge is 0.392 e. The van der Waals surface area contributed by atoms with Crippen molar-refractivity contribution in [1.82, 2.24) is 0 Å². The van der Waals surface area contributed by atoms with Crippen molar-refractivity contribution in [2.45, 2.75) is 19.7 Å². The summed E-state index contributed by atoms with van der Waals surface area (Å²) in [6.07, 6.45) is 0. The lowest BCUT2D eigenvalue weighted by molar-refractivity contribution is 0.433. The van der Waals surface area contributed by atoms with Gasteiger partial charge in [-0.1, -0.05) is 19.7 Å². The molecule has 0 aliphatic rings. The molecule has 39 valence electrons. The maximum absolute atomic E-state index is 8.22. The molecule has 0 heterocycles. The fraction of sp³-hybridized carbons (Fsp3) is 1.00. The molecular weight excluding hydrogens is 89.7 g/mol. The number of hydrogen-bond donors (Lipinski definition) is 2. The summed E-state index contributed by atoms with van der Waals surface area (Å²) in [5.74, 6) is 0.250. The monoisotopic (exact) mass is 99.1 g/mol. The van der Waals surface area contributed by atoms with Crippen molar-refractivity contribution in [3.8, 4) is 0 Å². The molecule has 0 bridgehead atoms. The van der Waals surface area contributed by atoms with Gasteiger partial charge in [-0.25, -0.2) is 0 Å². The van der Waals surface area contributed by atoms with E-state index in [0.717, 1.165) is 0 Å². The molecule has 0 spiro atoms. The maximum Gasteiger partial charge on any atom is 0.392 e. The van der Waals surface area contributed by atoms with E-state index in [2.05, 4.69) is 0 Å². The summed E-state index contributed by atoms with van der Waals surface area (Å²) in [4.78, 5) is 0. The van der Waals surface area contributed by atoms with Gasteiger partial charge >= 0.3 is 7.01 Å². The largest absolute Gasteiger partial charge is 0.434 e. The van der Waals surface area contributed by atoms with Gasteiger partial charge in [0.05, 0.1) is 0 Å². The summed E-state index contributed by atoms with van der Waals surface area (Å²) >= 11 is 0. The van der Waals surface area contributed by atoms with Crippen molar-refractivity contribution in [2.24, 2.45) is 0 Å². The zero-order valence-electron chi connectivity index (χ0n) is 4.63. The Morgan fingerprint density at radius 3 is 1.86 bits per heavy atom. The topological polar surface area (TPSA) is 40.5 Å². The Bertz CT molecular complexity index is 40.2. The van der Waals surface area contributed by atoms with Gasteiger partial charge in [0.2, 0.25) is 0 Å². The molecule has 0 atom stereocenters. The Kier molecular flexibility index (Phi) is 3.13. The fourth-order valence-electron chi connectivity index (χ4n) is 0.344. The zero-order valence-corrected chi connectivity index (χ0v) is 4.63. The summed E-state index contributed by atoms with van der Waals surface area (Å²) in [6.45, 7) is 3.78. The normalized spacial score (nSPS) is 9.29. The standard InChI is InChI=1S/C3H9B2O2/c1-3(2)4-5(6)7/h3,6-7H,1-2H3. The van der Waals surface area contributed by atoms with Gasteiger partial charge in [-0.15, -0.1) is 0 Å². The van der Waals surface area contributed by atoms with Crippen LogP contribution in [-0.2, 0) is 0 Å². The second-order valence-corrected chi connectivity index (χ2v) is 1.85.